The molecule has 11 heteroatoms. The lowest BCUT2D eigenvalue weighted by molar-refractivity contribution is -0.131. The maximum atomic E-state index is 14.4. The van der Waals surface area contributed by atoms with Crippen LogP contribution in [0.3, 0.4) is 0 Å². The van der Waals surface area contributed by atoms with Gasteiger partial charge in [-0.3, -0.25) is 19.4 Å². The molecule has 0 spiro atoms. The van der Waals surface area contributed by atoms with Gasteiger partial charge < -0.3 is 15.4 Å². The summed E-state index contributed by atoms with van der Waals surface area (Å²) in [5.41, 5.74) is 8.28. The van der Waals surface area contributed by atoms with E-state index in [1.165, 1.54) is 33.4 Å². The Bertz CT molecular complexity index is 2660. The number of hydrogen-bond acceptors (Lipinski definition) is 7. The molecule has 2 aliphatic rings. The Hall–Kier alpha value is -5.36. The van der Waals surface area contributed by atoms with E-state index < -0.39 is 9.49 Å². The highest BCUT2D eigenvalue weighted by Gasteiger charge is 2.50. The van der Waals surface area contributed by atoms with Gasteiger partial charge in [0, 0.05) is 43.8 Å². The molecule has 4 atom stereocenters. The van der Waals surface area contributed by atoms with Crippen LogP contribution >= 0.6 is 46.7 Å². The average Bonchev–Trinajstić information content (AvgIpc) is 3.72. The van der Waals surface area contributed by atoms with Gasteiger partial charge in [0.25, 0.3) is 0 Å². The number of methoxy groups -OCH3 is 1. The van der Waals surface area contributed by atoms with Gasteiger partial charge in [-0.05, 0) is 95.8 Å². The lowest BCUT2D eigenvalue weighted by atomic mass is 9.75. The zero-order chi connectivity index (χ0) is 51.2. The lowest BCUT2D eigenvalue weighted by Crippen LogP contribution is -2.53. The number of carbonyl (C=O) groups is 2. The first-order valence-electron chi connectivity index (χ1n) is 25.9. The van der Waals surface area contributed by atoms with Crippen molar-refractivity contribution in [2.24, 2.45) is 5.92 Å². The minimum Gasteiger partial charge on any atom is -0.364 e. The van der Waals surface area contributed by atoms with Crippen molar-refractivity contribution in [3.05, 3.63) is 249 Å². The third-order valence-electron chi connectivity index (χ3n) is 14.9. The van der Waals surface area contributed by atoms with Crippen LogP contribution < -0.4 is 10.6 Å². The van der Waals surface area contributed by atoms with Gasteiger partial charge in [-0.2, -0.15) is 0 Å². The zero-order valence-electron chi connectivity index (χ0n) is 42.0. The van der Waals surface area contributed by atoms with Crippen molar-refractivity contribution in [3.8, 4) is 0 Å². The second-order valence-electron chi connectivity index (χ2n) is 19.3. The SMILES string of the molecule is COCNC(=O)[C@@H]1[C@H]2CCC(C[C@H]1c1ccc(Cl)c(Cl)c1)N2CCCN(CCSC(c1ccccc1)(c1ccccc1)c1ccccc1)CC(=O)NCCSC(c1ccccc1)(c1ccccc1)c1ccccc1. The van der Waals surface area contributed by atoms with Crippen molar-refractivity contribution < 1.29 is 14.3 Å². The Balaban J connectivity index is 0.941. The topological polar surface area (TPSA) is 73.9 Å². The molecule has 2 amide bonds. The molecule has 2 heterocycles. The van der Waals surface area contributed by atoms with Crippen molar-refractivity contribution in [2.45, 2.75) is 53.2 Å². The highest BCUT2D eigenvalue weighted by Crippen LogP contribution is 2.51. The molecule has 0 saturated carbocycles. The Labute approximate surface area is 456 Å². The zero-order valence-corrected chi connectivity index (χ0v) is 45.2. The molecule has 1 unspecified atom stereocenters. The Morgan fingerprint density at radius 3 is 1.54 bits per heavy atom. The van der Waals surface area contributed by atoms with E-state index >= 15 is 0 Å². The van der Waals surface area contributed by atoms with Crippen molar-refractivity contribution >= 4 is 58.5 Å². The molecule has 9 rings (SSSR count). The first kappa shape index (κ1) is 53.5. The van der Waals surface area contributed by atoms with Gasteiger partial charge in [-0.15, -0.1) is 23.5 Å². The number of carbonyl (C=O) groups excluding carboxylic acids is 2. The molecule has 2 aliphatic heterocycles. The van der Waals surface area contributed by atoms with Gasteiger partial charge in [0.2, 0.25) is 11.8 Å². The van der Waals surface area contributed by atoms with Crippen LogP contribution in [0.1, 0.15) is 70.5 Å². The molecule has 0 radical (unpaired) electrons. The van der Waals surface area contributed by atoms with Crippen molar-refractivity contribution in [1.29, 1.82) is 0 Å². The number of rotatable bonds is 24. The number of hydrogen-bond donors (Lipinski definition) is 2. The molecule has 7 aromatic rings. The van der Waals surface area contributed by atoms with Crippen LogP contribution in [0.4, 0.5) is 0 Å². The predicted octanol–water partition coefficient (Wildman–Crippen LogP) is 12.9. The van der Waals surface area contributed by atoms with Crippen LogP contribution in [0.25, 0.3) is 0 Å². The summed E-state index contributed by atoms with van der Waals surface area (Å²) >= 11 is 16.7. The molecule has 2 fully saturated rings. The summed E-state index contributed by atoms with van der Waals surface area (Å²) in [6, 6.07) is 70.7. The fraction of sp³-hybridized carbons (Fsp3) is 0.302. The van der Waals surface area contributed by atoms with E-state index in [1.54, 1.807) is 7.11 Å². The summed E-state index contributed by atoms with van der Waals surface area (Å²) in [6.45, 7) is 3.19. The number of piperidine rings is 1. The smallest absolute Gasteiger partial charge is 0.234 e. The number of thioether (sulfide) groups is 2. The minimum absolute atomic E-state index is 0.000892. The van der Waals surface area contributed by atoms with Crippen LogP contribution in [0, 0.1) is 5.92 Å². The van der Waals surface area contributed by atoms with Gasteiger partial charge in [0.1, 0.15) is 6.73 Å². The maximum absolute atomic E-state index is 14.4. The first-order chi connectivity index (χ1) is 36.3. The Morgan fingerprint density at radius 1 is 0.608 bits per heavy atom. The minimum atomic E-state index is -0.478. The molecule has 7 aromatic carbocycles. The van der Waals surface area contributed by atoms with E-state index in [-0.39, 0.29) is 43.0 Å². The molecule has 0 aromatic heterocycles. The van der Waals surface area contributed by atoms with Gasteiger partial charge in [0.05, 0.1) is 32.0 Å². The molecule has 2 N–H and O–H groups in total. The largest absolute Gasteiger partial charge is 0.364 e. The number of nitrogens with zero attached hydrogens (tertiary/aromatic N) is 2. The number of halogens is 2. The van der Waals surface area contributed by atoms with E-state index in [1.807, 2.05) is 41.7 Å². The quantitative estimate of drug-likeness (QED) is 0.0355. The van der Waals surface area contributed by atoms with Crippen LogP contribution in [0.15, 0.2) is 200 Å². The molecular formula is C63H66Cl2N4O3S2. The molecule has 7 nitrogen and oxygen atoms in total. The summed E-state index contributed by atoms with van der Waals surface area (Å²) in [5.74, 6) is 1.22. The highest BCUT2D eigenvalue weighted by atomic mass is 35.5. The Morgan fingerprint density at radius 2 is 1.08 bits per heavy atom. The highest BCUT2D eigenvalue weighted by molar-refractivity contribution is 8.00. The number of ether oxygens (including phenoxy) is 1. The molecule has 74 heavy (non-hydrogen) atoms. The molecule has 382 valence electrons. The summed E-state index contributed by atoms with van der Waals surface area (Å²) in [6.07, 6.45) is 3.66. The number of benzene rings is 7. The van der Waals surface area contributed by atoms with Crippen LogP contribution in [-0.4, -0.2) is 91.8 Å². The number of amides is 2. The summed E-state index contributed by atoms with van der Waals surface area (Å²) in [7, 11) is 1.60. The van der Waals surface area contributed by atoms with Gasteiger partial charge in [0.15, 0.2) is 0 Å². The van der Waals surface area contributed by atoms with E-state index in [4.69, 9.17) is 27.9 Å². The third kappa shape index (κ3) is 12.2. The maximum Gasteiger partial charge on any atom is 0.234 e. The summed E-state index contributed by atoms with van der Waals surface area (Å²) in [5, 5.41) is 7.42. The van der Waals surface area contributed by atoms with E-state index in [0.717, 1.165) is 50.1 Å². The van der Waals surface area contributed by atoms with E-state index in [0.29, 0.717) is 34.9 Å². The van der Waals surface area contributed by atoms with Crippen LogP contribution in [0.5, 0.6) is 0 Å². The normalized spacial score (nSPS) is 17.8. The first-order valence-corrected chi connectivity index (χ1v) is 28.6. The average molecular weight is 1060 g/mol. The van der Waals surface area contributed by atoms with E-state index in [9.17, 15) is 9.59 Å². The van der Waals surface area contributed by atoms with Crippen LogP contribution in [-0.2, 0) is 23.8 Å². The summed E-state index contributed by atoms with van der Waals surface area (Å²) < 4.78 is 4.36. The molecule has 2 bridgehead atoms. The Kier molecular flexibility index (Phi) is 18.7. The standard InChI is InChI=1S/C63H66Cl2N4O3S2/c1-72-46-67-61(71)60-55(47-33-35-56(64)57(65)43-47)44-54-34-36-58(60)69(54)39-20-38-68(40-42-74-63(51-27-14-5-15-28-51,52-29-16-6-17-30-52)53-31-18-7-19-32-53)45-59(70)66-37-41-73-62(48-21-8-2-9-22-48,49-23-10-3-11-24-49)50-25-12-4-13-26-50/h2-19,21-33,35,43,54-55,58,60H,20,34,36-42,44-46H2,1H3,(H,66,70)(H,67,71)/t54?,55-,58+,60-/m0/s1. The molecule has 0 aliphatic carbocycles. The van der Waals surface area contributed by atoms with Crippen LogP contribution in [0.2, 0.25) is 10.0 Å². The van der Waals surface area contributed by atoms with E-state index in [2.05, 4.69) is 202 Å². The van der Waals surface area contributed by atoms with Crippen molar-refractivity contribution in [2.75, 3.05) is 58.1 Å². The van der Waals surface area contributed by atoms with Gasteiger partial charge in [-0.1, -0.05) is 211 Å². The second-order valence-corrected chi connectivity index (χ2v) is 22.7. The number of nitrogens with one attached hydrogen (secondary N) is 2. The van der Waals surface area contributed by atoms with Crippen molar-refractivity contribution in [1.82, 2.24) is 20.4 Å². The molecule has 2 saturated heterocycles. The predicted molar refractivity (Wildman–Crippen MR) is 308 cm³/mol. The third-order valence-corrected chi connectivity index (χ3v) is 18.8. The van der Waals surface area contributed by atoms with Gasteiger partial charge in [-0.25, -0.2) is 0 Å². The fourth-order valence-electron chi connectivity index (χ4n) is 11.6. The lowest BCUT2D eigenvalue weighted by Gasteiger charge is -2.44. The summed E-state index contributed by atoms with van der Waals surface area (Å²) in [4.78, 5) is 33.4. The monoisotopic (exact) mass is 1060 g/mol. The fourth-order valence-corrected chi connectivity index (χ4v) is 14.9. The van der Waals surface area contributed by atoms with Crippen molar-refractivity contribution in [3.63, 3.8) is 0 Å². The molecular weight excluding hydrogens is 996 g/mol. The number of fused-ring (bicyclic) bond motifs is 2. The second kappa shape index (κ2) is 25.9. The van der Waals surface area contributed by atoms with Gasteiger partial charge >= 0.3 is 0 Å².